The van der Waals surface area contributed by atoms with E-state index >= 15 is 0 Å². The molecule has 2 aromatic rings. The lowest BCUT2D eigenvalue weighted by molar-refractivity contribution is 0.615. The third kappa shape index (κ3) is 2.20. The smallest absolute Gasteiger partial charge is 0.326 e. The number of hydrogen-bond acceptors (Lipinski definition) is 2. The molecule has 0 atom stereocenters. The van der Waals surface area contributed by atoms with Crippen molar-refractivity contribution >= 4 is 23.7 Å². The Morgan fingerprint density at radius 1 is 1.07 bits per heavy atom. The zero-order valence-corrected chi connectivity index (χ0v) is 8.48. The molecule has 0 unspecified atom stereocenters. The van der Waals surface area contributed by atoms with Gasteiger partial charge in [0.05, 0.1) is 0 Å². The van der Waals surface area contributed by atoms with Crippen LogP contribution in [-0.2, 0) is 6.42 Å². The second kappa shape index (κ2) is 4.47. The molecule has 0 saturated carbocycles. The Morgan fingerprint density at radius 2 is 1.80 bits per heavy atom. The lowest BCUT2D eigenvalue weighted by Crippen LogP contribution is -2.12. The van der Waals surface area contributed by atoms with Crippen LogP contribution >= 0.6 is 0 Å². The fourth-order valence-electron chi connectivity index (χ4n) is 1.72. The van der Waals surface area contributed by atoms with E-state index in [2.05, 4.69) is 18.2 Å². The van der Waals surface area contributed by atoms with Crippen LogP contribution in [0, 0.1) is 0 Å². The maximum absolute atomic E-state index is 8.89. The third-order valence-corrected chi connectivity index (χ3v) is 2.51. The van der Waals surface area contributed by atoms with E-state index in [0.717, 1.165) is 24.8 Å². The Labute approximate surface area is 90.0 Å². The van der Waals surface area contributed by atoms with Crippen molar-refractivity contribution in [1.82, 2.24) is 0 Å². The zero-order valence-electron chi connectivity index (χ0n) is 8.48. The molecule has 3 N–H and O–H groups in total. The van der Waals surface area contributed by atoms with Gasteiger partial charge in [-0.15, -0.1) is 0 Å². The zero-order chi connectivity index (χ0) is 10.7. The van der Waals surface area contributed by atoms with E-state index in [-0.39, 0.29) is 0 Å². The van der Waals surface area contributed by atoms with E-state index in [1.165, 1.54) is 10.9 Å². The molecule has 0 saturated heterocycles. The summed E-state index contributed by atoms with van der Waals surface area (Å²) in [5.74, 6) is 0. The van der Waals surface area contributed by atoms with Gasteiger partial charge in [0.2, 0.25) is 0 Å². The van der Waals surface area contributed by atoms with Gasteiger partial charge in [-0.2, -0.15) is 0 Å². The van der Waals surface area contributed by atoms with Gasteiger partial charge in [-0.05, 0) is 29.3 Å². The van der Waals surface area contributed by atoms with Crippen LogP contribution in [0.3, 0.4) is 0 Å². The van der Waals surface area contributed by atoms with E-state index in [4.69, 9.17) is 10.8 Å². The maximum Gasteiger partial charge on any atom is 0.326 e. The van der Waals surface area contributed by atoms with Crippen molar-refractivity contribution in [2.24, 2.45) is 5.73 Å². The van der Waals surface area contributed by atoms with Gasteiger partial charge < -0.3 is 10.8 Å². The van der Waals surface area contributed by atoms with Crippen molar-refractivity contribution in [2.45, 2.75) is 6.42 Å². The molecular weight excluding hydrogens is 185 g/mol. The van der Waals surface area contributed by atoms with Gasteiger partial charge in [0.1, 0.15) is 0 Å². The van der Waals surface area contributed by atoms with Crippen molar-refractivity contribution < 1.29 is 5.02 Å². The second-order valence-corrected chi connectivity index (χ2v) is 3.61. The highest BCUT2D eigenvalue weighted by Gasteiger charge is 1.98. The summed E-state index contributed by atoms with van der Waals surface area (Å²) in [7, 11) is 1.12. The van der Waals surface area contributed by atoms with E-state index in [9.17, 15) is 0 Å². The molecule has 2 nitrogen and oxygen atoms in total. The molecule has 2 rings (SSSR count). The van der Waals surface area contributed by atoms with Gasteiger partial charge in [-0.25, -0.2) is 0 Å². The van der Waals surface area contributed by atoms with Crippen LogP contribution in [0.15, 0.2) is 36.4 Å². The highest BCUT2D eigenvalue weighted by Crippen LogP contribution is 2.14. The molecule has 15 heavy (non-hydrogen) atoms. The number of fused-ring (bicyclic) bond motifs is 1. The first-order valence-corrected chi connectivity index (χ1v) is 5.03. The molecule has 75 valence electrons. The molecule has 2 aromatic carbocycles. The molecular formula is C12H13BNO. The summed E-state index contributed by atoms with van der Waals surface area (Å²) < 4.78 is 0. The molecule has 0 heterocycles. The first kappa shape index (κ1) is 10.2. The summed E-state index contributed by atoms with van der Waals surface area (Å²) in [6, 6.07) is 12.2. The topological polar surface area (TPSA) is 46.2 Å². The van der Waals surface area contributed by atoms with Gasteiger partial charge in [-0.3, -0.25) is 0 Å². The summed E-state index contributed by atoms with van der Waals surface area (Å²) >= 11 is 0. The minimum atomic E-state index is 0.675. The van der Waals surface area contributed by atoms with Crippen LogP contribution < -0.4 is 11.2 Å². The number of nitrogens with two attached hydrogens (primary N) is 1. The summed E-state index contributed by atoms with van der Waals surface area (Å²) in [6.45, 7) is 0.675. The monoisotopic (exact) mass is 198 g/mol. The molecule has 0 aliphatic carbocycles. The Kier molecular flexibility index (Phi) is 3.04. The molecule has 0 amide bonds. The van der Waals surface area contributed by atoms with Gasteiger partial charge in [0, 0.05) is 0 Å². The summed E-state index contributed by atoms with van der Waals surface area (Å²) in [5, 5.41) is 11.2. The Hall–Kier alpha value is -1.32. The predicted molar refractivity (Wildman–Crippen MR) is 64.3 cm³/mol. The predicted octanol–water partition coefficient (Wildman–Crippen LogP) is 0.578. The molecule has 0 aliphatic heterocycles. The van der Waals surface area contributed by atoms with Gasteiger partial charge >= 0.3 is 7.48 Å². The summed E-state index contributed by atoms with van der Waals surface area (Å²) in [6.07, 6.45) is 0.907. The standard InChI is InChI=1S/C12H13BNO/c14-6-5-9-1-2-11-8-12(13-15)4-3-10(11)7-9/h1-4,7-8,15H,5-6,14H2. The second-order valence-electron chi connectivity index (χ2n) is 3.61. The molecule has 0 bridgehead atoms. The Morgan fingerprint density at radius 3 is 2.53 bits per heavy atom. The molecule has 0 fully saturated rings. The maximum atomic E-state index is 8.89. The average Bonchev–Trinajstić information content (AvgIpc) is 2.29. The largest absolute Gasteiger partial charge is 0.450 e. The van der Waals surface area contributed by atoms with E-state index in [0.29, 0.717) is 6.54 Å². The summed E-state index contributed by atoms with van der Waals surface area (Å²) in [4.78, 5) is 0. The highest BCUT2D eigenvalue weighted by molar-refractivity contribution is 6.46. The van der Waals surface area contributed by atoms with E-state index < -0.39 is 0 Å². The normalized spacial score (nSPS) is 10.5. The van der Waals surface area contributed by atoms with Crippen molar-refractivity contribution in [2.75, 3.05) is 6.54 Å². The van der Waals surface area contributed by atoms with Crippen LogP contribution in [0.5, 0.6) is 0 Å². The first-order valence-electron chi connectivity index (χ1n) is 5.03. The van der Waals surface area contributed by atoms with Crippen LogP contribution in [0.2, 0.25) is 0 Å². The minimum absolute atomic E-state index is 0.675. The highest BCUT2D eigenvalue weighted by atomic mass is 16.2. The molecule has 0 spiro atoms. The van der Waals surface area contributed by atoms with Crippen molar-refractivity contribution in [3.63, 3.8) is 0 Å². The Balaban J connectivity index is 2.45. The molecule has 3 heteroatoms. The van der Waals surface area contributed by atoms with Crippen molar-refractivity contribution in [3.8, 4) is 0 Å². The van der Waals surface area contributed by atoms with Crippen LogP contribution in [0.4, 0.5) is 0 Å². The van der Waals surface area contributed by atoms with Crippen molar-refractivity contribution in [3.05, 3.63) is 42.0 Å². The quantitative estimate of drug-likeness (QED) is 0.708. The van der Waals surface area contributed by atoms with Crippen molar-refractivity contribution in [1.29, 1.82) is 0 Å². The van der Waals surface area contributed by atoms with Crippen LogP contribution in [0.25, 0.3) is 10.8 Å². The van der Waals surface area contributed by atoms with E-state index in [1.807, 2.05) is 18.2 Å². The van der Waals surface area contributed by atoms with Gasteiger partial charge in [0.15, 0.2) is 0 Å². The SMILES string of the molecule is NCCc1ccc2cc([B]O)ccc2c1. The third-order valence-electron chi connectivity index (χ3n) is 2.51. The lowest BCUT2D eigenvalue weighted by Gasteiger charge is -2.03. The fraction of sp³-hybridized carbons (Fsp3) is 0.167. The van der Waals surface area contributed by atoms with E-state index in [1.54, 1.807) is 0 Å². The number of benzene rings is 2. The Bertz CT molecular complexity index is 470. The van der Waals surface area contributed by atoms with Crippen LogP contribution in [-0.4, -0.2) is 19.1 Å². The van der Waals surface area contributed by atoms with Gasteiger partial charge in [-0.1, -0.05) is 41.9 Å². The first-order chi connectivity index (χ1) is 7.33. The summed E-state index contributed by atoms with van der Waals surface area (Å²) in [5.41, 5.74) is 7.60. The number of rotatable bonds is 3. The average molecular weight is 198 g/mol. The minimum Gasteiger partial charge on any atom is -0.450 e. The van der Waals surface area contributed by atoms with Crippen LogP contribution in [0.1, 0.15) is 5.56 Å². The molecule has 0 aliphatic rings. The molecule has 0 aromatic heterocycles. The number of hydrogen-bond donors (Lipinski definition) is 2. The lowest BCUT2D eigenvalue weighted by atomic mass is 9.87. The molecule has 1 radical (unpaired) electrons. The fourth-order valence-corrected chi connectivity index (χ4v) is 1.72. The van der Waals surface area contributed by atoms with Gasteiger partial charge in [0.25, 0.3) is 0 Å².